The number of carbonyl (C=O) groups excluding carboxylic acids is 3. The number of amides is 3. The van der Waals surface area contributed by atoms with Gasteiger partial charge in [0, 0.05) is 6.54 Å². The number of aliphatic carboxylic acids is 1. The number of carboxylic acids is 1. The van der Waals surface area contributed by atoms with Crippen LogP contribution < -0.4 is 33.2 Å². The molecule has 0 aromatic rings. The van der Waals surface area contributed by atoms with Crippen molar-refractivity contribution in [1.82, 2.24) is 16.0 Å². The molecule has 166 valence electrons. The summed E-state index contributed by atoms with van der Waals surface area (Å²) in [5.74, 6) is -2.46. The molecule has 0 saturated carbocycles. The lowest BCUT2D eigenvalue weighted by molar-refractivity contribution is -0.142. The standard InChI is InChI=1S/C16H31N7O5S/c1-9(21-12(24)8-17)13(25)22-10(5-7-29-2)14(26)23-11(15(27)28)4-3-6-20-16(18)19/h9-11H,3-8,17H2,1-2H3,(H,21,24)(H,22,25)(H,23,26)(H,27,28)(H4,18,19,20). The highest BCUT2D eigenvalue weighted by Crippen LogP contribution is 2.05. The zero-order chi connectivity index (χ0) is 22.4. The van der Waals surface area contributed by atoms with Crippen LogP contribution in [0.15, 0.2) is 4.99 Å². The number of nitrogens with two attached hydrogens (primary N) is 3. The Balaban J connectivity index is 4.96. The van der Waals surface area contributed by atoms with Crippen LogP contribution >= 0.6 is 11.8 Å². The lowest BCUT2D eigenvalue weighted by atomic mass is 10.1. The molecular weight excluding hydrogens is 402 g/mol. The smallest absolute Gasteiger partial charge is 0.326 e. The molecule has 3 unspecified atom stereocenters. The molecule has 0 aromatic heterocycles. The van der Waals surface area contributed by atoms with E-state index in [1.54, 1.807) is 0 Å². The maximum absolute atomic E-state index is 12.6. The lowest BCUT2D eigenvalue weighted by Crippen LogP contribution is -2.55. The van der Waals surface area contributed by atoms with Gasteiger partial charge in [-0.15, -0.1) is 0 Å². The van der Waals surface area contributed by atoms with Gasteiger partial charge < -0.3 is 38.3 Å². The molecule has 0 rings (SSSR count). The summed E-state index contributed by atoms with van der Waals surface area (Å²) in [5, 5.41) is 16.7. The maximum Gasteiger partial charge on any atom is 0.326 e. The number of nitrogens with one attached hydrogen (secondary N) is 3. The second-order valence-electron chi connectivity index (χ2n) is 6.18. The first-order valence-corrected chi connectivity index (χ1v) is 10.4. The lowest BCUT2D eigenvalue weighted by Gasteiger charge is -2.23. The molecule has 0 aliphatic rings. The Labute approximate surface area is 173 Å². The molecule has 0 spiro atoms. The van der Waals surface area contributed by atoms with Gasteiger partial charge in [-0.05, 0) is 38.2 Å². The summed E-state index contributed by atoms with van der Waals surface area (Å²) in [6.45, 7) is 1.41. The van der Waals surface area contributed by atoms with Gasteiger partial charge >= 0.3 is 5.97 Å². The van der Waals surface area contributed by atoms with Crippen molar-refractivity contribution in [3.05, 3.63) is 0 Å². The molecule has 0 fully saturated rings. The number of rotatable bonds is 14. The van der Waals surface area contributed by atoms with E-state index in [1.165, 1.54) is 18.7 Å². The maximum atomic E-state index is 12.6. The van der Waals surface area contributed by atoms with E-state index in [0.29, 0.717) is 12.2 Å². The van der Waals surface area contributed by atoms with Crippen LogP contribution in [0.25, 0.3) is 0 Å². The van der Waals surface area contributed by atoms with Crippen LogP contribution in [0.1, 0.15) is 26.2 Å². The number of hydrogen-bond donors (Lipinski definition) is 7. The van der Waals surface area contributed by atoms with E-state index in [-0.39, 0.29) is 31.9 Å². The molecule has 0 aliphatic heterocycles. The van der Waals surface area contributed by atoms with Crippen molar-refractivity contribution in [3.63, 3.8) is 0 Å². The van der Waals surface area contributed by atoms with Crippen molar-refractivity contribution in [1.29, 1.82) is 0 Å². The van der Waals surface area contributed by atoms with Gasteiger partial charge in [0.2, 0.25) is 17.7 Å². The van der Waals surface area contributed by atoms with Crippen molar-refractivity contribution in [2.24, 2.45) is 22.2 Å². The molecule has 10 N–H and O–H groups in total. The quantitative estimate of drug-likeness (QED) is 0.0861. The summed E-state index contributed by atoms with van der Waals surface area (Å²) >= 11 is 1.47. The average Bonchev–Trinajstić information content (AvgIpc) is 2.66. The van der Waals surface area contributed by atoms with E-state index in [9.17, 15) is 24.3 Å². The molecule has 0 aliphatic carbocycles. The van der Waals surface area contributed by atoms with Gasteiger partial charge in [0.05, 0.1) is 6.54 Å². The van der Waals surface area contributed by atoms with Crippen molar-refractivity contribution in [3.8, 4) is 0 Å². The highest BCUT2D eigenvalue weighted by molar-refractivity contribution is 7.98. The second-order valence-corrected chi connectivity index (χ2v) is 7.17. The largest absolute Gasteiger partial charge is 0.480 e. The van der Waals surface area contributed by atoms with Crippen LogP contribution in [0.5, 0.6) is 0 Å². The van der Waals surface area contributed by atoms with E-state index in [4.69, 9.17) is 17.2 Å². The van der Waals surface area contributed by atoms with Gasteiger partial charge in [0.15, 0.2) is 5.96 Å². The Morgan fingerprint density at radius 3 is 2.17 bits per heavy atom. The third kappa shape index (κ3) is 11.8. The predicted octanol–water partition coefficient (Wildman–Crippen LogP) is -2.69. The minimum absolute atomic E-state index is 0.100. The van der Waals surface area contributed by atoms with Crippen molar-refractivity contribution < 1.29 is 24.3 Å². The predicted molar refractivity (Wildman–Crippen MR) is 111 cm³/mol. The van der Waals surface area contributed by atoms with Crippen LogP contribution in [-0.2, 0) is 19.2 Å². The van der Waals surface area contributed by atoms with E-state index < -0.39 is 41.8 Å². The molecule has 0 radical (unpaired) electrons. The summed E-state index contributed by atoms with van der Waals surface area (Å²) in [5.41, 5.74) is 15.6. The zero-order valence-electron chi connectivity index (χ0n) is 16.6. The first-order chi connectivity index (χ1) is 13.6. The topological polar surface area (TPSA) is 215 Å². The van der Waals surface area contributed by atoms with Crippen LogP contribution in [0, 0.1) is 0 Å². The van der Waals surface area contributed by atoms with Gasteiger partial charge in [-0.3, -0.25) is 19.4 Å². The summed E-state index contributed by atoms with van der Waals surface area (Å²) < 4.78 is 0. The molecule has 3 atom stereocenters. The number of thioether (sulfide) groups is 1. The Hall–Kier alpha value is -2.54. The fourth-order valence-electron chi connectivity index (χ4n) is 2.20. The molecule has 13 heteroatoms. The normalized spacial score (nSPS) is 13.5. The van der Waals surface area contributed by atoms with Crippen LogP contribution in [0.3, 0.4) is 0 Å². The van der Waals surface area contributed by atoms with Crippen LogP contribution in [-0.4, -0.2) is 78.0 Å². The Bertz CT molecular complexity index is 598. The van der Waals surface area contributed by atoms with E-state index in [2.05, 4.69) is 20.9 Å². The van der Waals surface area contributed by atoms with Crippen molar-refractivity contribution >= 4 is 41.4 Å². The van der Waals surface area contributed by atoms with Crippen molar-refractivity contribution in [2.45, 2.75) is 44.3 Å². The molecule has 3 amide bonds. The zero-order valence-corrected chi connectivity index (χ0v) is 17.5. The Kier molecular flexibility index (Phi) is 13.2. The highest BCUT2D eigenvalue weighted by Gasteiger charge is 2.27. The fraction of sp³-hybridized carbons (Fsp3) is 0.688. The Morgan fingerprint density at radius 2 is 1.66 bits per heavy atom. The molecule has 0 bridgehead atoms. The number of guanidine groups is 1. The van der Waals surface area contributed by atoms with Gasteiger partial charge in [-0.25, -0.2) is 4.79 Å². The molecule has 12 nitrogen and oxygen atoms in total. The Morgan fingerprint density at radius 1 is 1.03 bits per heavy atom. The van der Waals surface area contributed by atoms with Crippen LogP contribution in [0.2, 0.25) is 0 Å². The number of aliphatic imine (C=N–C) groups is 1. The highest BCUT2D eigenvalue weighted by atomic mass is 32.2. The summed E-state index contributed by atoms with van der Waals surface area (Å²) in [7, 11) is 0. The molecule has 0 saturated heterocycles. The van der Waals surface area contributed by atoms with E-state index >= 15 is 0 Å². The summed E-state index contributed by atoms with van der Waals surface area (Å²) in [6.07, 6.45) is 2.59. The molecular formula is C16H31N7O5S. The number of carbonyl (C=O) groups is 4. The first-order valence-electron chi connectivity index (χ1n) is 8.99. The molecule has 29 heavy (non-hydrogen) atoms. The summed E-state index contributed by atoms with van der Waals surface area (Å²) in [4.78, 5) is 51.3. The number of carboxylic acid groups (broad SMARTS) is 1. The monoisotopic (exact) mass is 433 g/mol. The second kappa shape index (κ2) is 14.5. The first kappa shape index (κ1) is 26.5. The van der Waals surface area contributed by atoms with E-state index in [0.717, 1.165) is 0 Å². The molecule has 0 aromatic carbocycles. The van der Waals surface area contributed by atoms with E-state index in [1.807, 2.05) is 6.26 Å². The third-order valence-electron chi connectivity index (χ3n) is 3.76. The fourth-order valence-corrected chi connectivity index (χ4v) is 2.67. The van der Waals surface area contributed by atoms with Gasteiger partial charge in [0.1, 0.15) is 18.1 Å². The van der Waals surface area contributed by atoms with Gasteiger partial charge in [-0.1, -0.05) is 0 Å². The minimum atomic E-state index is -1.21. The molecule has 0 heterocycles. The minimum Gasteiger partial charge on any atom is -0.480 e. The average molecular weight is 434 g/mol. The van der Waals surface area contributed by atoms with Gasteiger partial charge in [0.25, 0.3) is 0 Å². The SMILES string of the molecule is CSCCC(NC(=O)C(C)NC(=O)CN)C(=O)NC(CCCN=C(N)N)C(=O)O. The number of nitrogens with zero attached hydrogens (tertiary/aromatic N) is 1. The third-order valence-corrected chi connectivity index (χ3v) is 4.40. The summed E-state index contributed by atoms with van der Waals surface area (Å²) in [6, 6.07) is -3.00. The van der Waals surface area contributed by atoms with Crippen LogP contribution in [0.4, 0.5) is 0 Å². The number of hydrogen-bond acceptors (Lipinski definition) is 7. The van der Waals surface area contributed by atoms with Crippen molar-refractivity contribution in [2.75, 3.05) is 25.1 Å². The van der Waals surface area contributed by atoms with Gasteiger partial charge in [-0.2, -0.15) is 11.8 Å².